The maximum Gasteiger partial charge on any atom is 0.237 e. The Kier molecular flexibility index (Phi) is 7.51. The van der Waals surface area contributed by atoms with Gasteiger partial charge in [0.25, 0.3) is 0 Å². The van der Waals surface area contributed by atoms with Crippen molar-refractivity contribution in [2.45, 2.75) is 0 Å². The molecule has 0 unspecified atom stereocenters. The third-order valence-corrected chi connectivity index (χ3v) is 14.4. The van der Waals surface area contributed by atoms with Crippen molar-refractivity contribution in [1.29, 1.82) is 5.26 Å². The molecule has 7 nitrogen and oxygen atoms in total. The predicted octanol–water partition coefficient (Wildman–Crippen LogP) is 16.4. The number of para-hydroxylation sites is 8. The Balaban J connectivity index is 1.31. The van der Waals surface area contributed by atoms with Crippen molar-refractivity contribution in [2.24, 2.45) is 0 Å². The summed E-state index contributed by atoms with van der Waals surface area (Å²) in [6, 6.07) is 74.3. The molecule has 0 radical (unpaired) electrons. The summed E-state index contributed by atoms with van der Waals surface area (Å²) in [7, 11) is 0. The van der Waals surface area contributed by atoms with Gasteiger partial charge in [0.05, 0.1) is 84.4 Å². The fraction of sp³-hybridized carbons (Fsp3) is 0. The molecule has 0 spiro atoms. The van der Waals surface area contributed by atoms with E-state index in [0.29, 0.717) is 34.0 Å². The van der Waals surface area contributed by atoms with Gasteiger partial charge < -0.3 is 22.7 Å². The van der Waals surface area contributed by atoms with E-state index in [-0.39, 0.29) is 0 Å². The fourth-order valence-corrected chi connectivity index (χ4v) is 11.7. The third-order valence-electron chi connectivity index (χ3n) is 14.4. The van der Waals surface area contributed by atoms with Crippen molar-refractivity contribution in [3.8, 4) is 28.8 Å². The number of rotatable bonds is 4. The highest BCUT2D eigenvalue weighted by Crippen LogP contribution is 2.52. The van der Waals surface area contributed by atoms with Gasteiger partial charge in [0.15, 0.2) is 0 Å². The SMILES string of the molecule is [C-]#[N+]c1c(-n2c3ccccc3c3ccccc32)c(C#N)c(-n2c3ccccc3c3ccc4oc5ccccc5c4c32)c(-n2c3ccccc3c3ccccc32)c1-n1c2ccccc2c2ccccc21. The van der Waals surface area contributed by atoms with E-state index in [0.717, 1.165) is 109 Å². The van der Waals surface area contributed by atoms with Crippen LogP contribution in [-0.4, -0.2) is 18.3 Å². The van der Waals surface area contributed by atoms with E-state index in [1.807, 2.05) is 24.3 Å². The summed E-state index contributed by atoms with van der Waals surface area (Å²) in [5.74, 6) is 0. The molecule has 0 aliphatic heterocycles. The Labute approximate surface area is 393 Å². The van der Waals surface area contributed by atoms with Crippen LogP contribution in [-0.2, 0) is 0 Å². The minimum absolute atomic E-state index is 0.352. The normalized spacial score (nSPS) is 12.0. The molecule has 0 saturated carbocycles. The average Bonchev–Trinajstić information content (AvgIpc) is 4.21. The Morgan fingerprint density at radius 2 is 0.710 bits per heavy atom. The summed E-state index contributed by atoms with van der Waals surface area (Å²) >= 11 is 0. The first-order valence-corrected chi connectivity index (χ1v) is 23.0. The molecule has 318 valence electrons. The third kappa shape index (κ3) is 4.82. The van der Waals surface area contributed by atoms with E-state index in [1.54, 1.807) is 0 Å². The van der Waals surface area contributed by atoms with E-state index in [2.05, 4.69) is 206 Å². The smallest absolute Gasteiger partial charge is 0.237 e. The van der Waals surface area contributed by atoms with Gasteiger partial charge in [-0.05, 0) is 60.7 Å². The molecule has 5 aromatic heterocycles. The highest BCUT2D eigenvalue weighted by molar-refractivity contribution is 6.25. The first-order chi connectivity index (χ1) is 34.2. The van der Waals surface area contributed by atoms with Crippen LogP contribution in [0.3, 0.4) is 0 Å². The summed E-state index contributed by atoms with van der Waals surface area (Å²) in [6.45, 7) is 9.63. The van der Waals surface area contributed by atoms with Crippen LogP contribution in [0.5, 0.6) is 0 Å². The van der Waals surface area contributed by atoms with Crippen LogP contribution in [0.2, 0.25) is 0 Å². The molecule has 0 saturated heterocycles. The van der Waals surface area contributed by atoms with Crippen LogP contribution in [0.15, 0.2) is 211 Å². The molecule has 15 aromatic rings. The number of furan rings is 1. The fourth-order valence-electron chi connectivity index (χ4n) is 11.7. The van der Waals surface area contributed by atoms with E-state index >= 15 is 0 Å². The lowest BCUT2D eigenvalue weighted by atomic mass is 10.0. The van der Waals surface area contributed by atoms with Crippen LogP contribution < -0.4 is 0 Å². The highest BCUT2D eigenvalue weighted by atomic mass is 16.3. The topological polar surface area (TPSA) is 61.0 Å². The molecular formula is C62H34N6O. The van der Waals surface area contributed by atoms with Gasteiger partial charge in [-0.15, -0.1) is 0 Å². The Morgan fingerprint density at radius 1 is 0.348 bits per heavy atom. The minimum atomic E-state index is 0.352. The van der Waals surface area contributed by atoms with Gasteiger partial charge in [-0.2, -0.15) is 5.26 Å². The predicted molar refractivity (Wildman–Crippen MR) is 282 cm³/mol. The van der Waals surface area contributed by atoms with Crippen molar-refractivity contribution < 1.29 is 4.42 Å². The molecule has 15 rings (SSSR count). The van der Waals surface area contributed by atoms with Gasteiger partial charge in [0.2, 0.25) is 5.69 Å². The van der Waals surface area contributed by atoms with Crippen molar-refractivity contribution in [1.82, 2.24) is 18.3 Å². The van der Waals surface area contributed by atoms with Crippen molar-refractivity contribution in [3.05, 3.63) is 223 Å². The molecule has 7 heteroatoms. The largest absolute Gasteiger partial charge is 0.456 e. The Morgan fingerprint density at radius 3 is 1.14 bits per heavy atom. The second kappa shape index (κ2) is 13.9. The number of hydrogen-bond acceptors (Lipinski definition) is 2. The molecule has 0 aliphatic rings. The summed E-state index contributed by atoms with van der Waals surface area (Å²) in [5, 5.41) is 22.7. The average molecular weight is 879 g/mol. The summed E-state index contributed by atoms with van der Waals surface area (Å²) in [4.78, 5) is 4.70. The first kappa shape index (κ1) is 37.4. The molecule has 0 atom stereocenters. The standard InChI is InChI=1S/C62H34N6O/c1-64-57-59(65-47-26-10-2-18-37(47)38-19-3-11-27-48(38)65)46(36-63)60(68-53-32-16-8-24-43(53)44-34-35-55-56(58(44)68)45-25-9-17-33-54(45)69-55)62(67-51-30-14-6-22-41(51)42-23-7-15-31-52(42)67)61(57)66-49-28-12-4-20-39(49)40-21-5-13-29-50(40)66/h2-35H. The monoisotopic (exact) mass is 878 g/mol. The summed E-state index contributed by atoms with van der Waals surface area (Å²) < 4.78 is 15.8. The lowest BCUT2D eigenvalue weighted by molar-refractivity contribution is 0.669. The van der Waals surface area contributed by atoms with Crippen LogP contribution in [0.25, 0.3) is 137 Å². The first-order valence-electron chi connectivity index (χ1n) is 23.0. The molecule has 0 bridgehead atoms. The number of fused-ring (bicyclic) bond motifs is 16. The lowest BCUT2D eigenvalue weighted by Crippen LogP contribution is -2.14. The number of benzene rings is 10. The van der Waals surface area contributed by atoms with E-state index in [9.17, 15) is 11.8 Å². The maximum absolute atomic E-state index is 12.4. The Bertz CT molecular complexity index is 4660. The quantitative estimate of drug-likeness (QED) is 0.165. The molecule has 0 N–H and O–H groups in total. The zero-order valence-electron chi connectivity index (χ0n) is 36.7. The number of hydrogen-bond donors (Lipinski definition) is 0. The number of nitriles is 1. The molecule has 10 aromatic carbocycles. The minimum Gasteiger partial charge on any atom is -0.456 e. The molecule has 0 amide bonds. The molecule has 0 aliphatic carbocycles. The van der Waals surface area contributed by atoms with Crippen LogP contribution in [0, 0.1) is 17.9 Å². The number of nitrogens with zero attached hydrogens (tertiary/aromatic N) is 6. The van der Waals surface area contributed by atoms with E-state index < -0.39 is 0 Å². The number of aromatic nitrogens is 4. The van der Waals surface area contributed by atoms with Crippen molar-refractivity contribution in [3.63, 3.8) is 0 Å². The van der Waals surface area contributed by atoms with Gasteiger partial charge in [-0.25, -0.2) is 4.85 Å². The second-order valence-electron chi connectivity index (χ2n) is 17.7. The van der Waals surface area contributed by atoms with Crippen molar-refractivity contribution >= 4 is 115 Å². The van der Waals surface area contributed by atoms with Gasteiger partial charge in [0.1, 0.15) is 17.2 Å². The van der Waals surface area contributed by atoms with Gasteiger partial charge in [-0.3, -0.25) is 0 Å². The van der Waals surface area contributed by atoms with Gasteiger partial charge >= 0.3 is 0 Å². The summed E-state index contributed by atoms with van der Waals surface area (Å²) in [5.41, 5.74) is 12.2. The summed E-state index contributed by atoms with van der Waals surface area (Å²) in [6.07, 6.45) is 0. The maximum atomic E-state index is 12.4. The van der Waals surface area contributed by atoms with Gasteiger partial charge in [0, 0.05) is 48.5 Å². The van der Waals surface area contributed by atoms with Crippen molar-refractivity contribution in [2.75, 3.05) is 0 Å². The molecule has 5 heterocycles. The van der Waals surface area contributed by atoms with Crippen LogP contribution in [0.4, 0.5) is 5.69 Å². The van der Waals surface area contributed by atoms with E-state index in [1.165, 1.54) is 0 Å². The Hall–Kier alpha value is -9.82. The van der Waals surface area contributed by atoms with Gasteiger partial charge in [-0.1, -0.05) is 146 Å². The molecule has 69 heavy (non-hydrogen) atoms. The zero-order valence-corrected chi connectivity index (χ0v) is 36.7. The van der Waals surface area contributed by atoms with E-state index in [4.69, 9.17) is 9.26 Å². The molecular weight excluding hydrogens is 845 g/mol. The van der Waals surface area contributed by atoms with Crippen LogP contribution in [0.1, 0.15) is 5.56 Å². The lowest BCUT2D eigenvalue weighted by Gasteiger charge is -2.27. The molecule has 0 fully saturated rings. The van der Waals surface area contributed by atoms with Crippen LogP contribution >= 0.6 is 0 Å². The second-order valence-corrected chi connectivity index (χ2v) is 17.7. The highest BCUT2D eigenvalue weighted by Gasteiger charge is 2.35. The zero-order chi connectivity index (χ0) is 45.5.